The normalized spacial score (nSPS) is 11.8. The van der Waals surface area contributed by atoms with E-state index in [2.05, 4.69) is 41.1 Å². The Bertz CT molecular complexity index is 883. The van der Waals surface area contributed by atoms with Gasteiger partial charge in [-0.2, -0.15) is 18.6 Å². The van der Waals surface area contributed by atoms with Crippen molar-refractivity contribution in [1.82, 2.24) is 0 Å². The van der Waals surface area contributed by atoms with Gasteiger partial charge in [-0.15, -0.1) is 0 Å². The molecule has 2 aromatic rings. The first-order valence-electron chi connectivity index (χ1n) is 11.3. The van der Waals surface area contributed by atoms with Gasteiger partial charge in [0.25, 0.3) is 10.1 Å². The Hall–Kier alpha value is -2.25. The molecule has 0 aliphatic carbocycles. The van der Waals surface area contributed by atoms with Gasteiger partial charge in [-0.3, -0.25) is 4.55 Å². The van der Waals surface area contributed by atoms with Gasteiger partial charge in [0.05, 0.1) is 16.3 Å². The van der Waals surface area contributed by atoms with E-state index in [9.17, 15) is 8.42 Å². The Morgan fingerprint density at radius 2 is 1.16 bits per heavy atom. The molecule has 0 atom stereocenters. The van der Waals surface area contributed by atoms with Crippen molar-refractivity contribution in [3.05, 3.63) is 48.5 Å². The third-order valence-corrected chi connectivity index (χ3v) is 6.06. The fraction of sp³-hybridized carbons (Fsp3) is 0.500. The summed E-state index contributed by atoms with van der Waals surface area (Å²) >= 11 is 0. The zero-order valence-corrected chi connectivity index (χ0v) is 19.5. The Balaban J connectivity index is 2.00. The van der Waals surface area contributed by atoms with Crippen LogP contribution in [0, 0.1) is 0 Å². The number of anilines is 1. The molecule has 0 saturated carbocycles. The van der Waals surface area contributed by atoms with Gasteiger partial charge in [-0.05, 0) is 61.4 Å². The summed E-state index contributed by atoms with van der Waals surface area (Å²) in [6, 6.07) is 13.7. The van der Waals surface area contributed by atoms with Crippen LogP contribution in [0.2, 0.25) is 0 Å². The molecule has 0 aliphatic rings. The predicted octanol–water partition coefficient (Wildman–Crippen LogP) is 7.32. The SMILES string of the molecule is CCCCCCN(CCCCCC)c1ccc(/N=N/c2ccc(S(=O)(=O)O)cc2)cc1. The van der Waals surface area contributed by atoms with Crippen molar-refractivity contribution < 1.29 is 13.0 Å². The number of hydrogen-bond acceptors (Lipinski definition) is 5. The molecule has 1 N–H and O–H groups in total. The fourth-order valence-electron chi connectivity index (χ4n) is 3.36. The summed E-state index contributed by atoms with van der Waals surface area (Å²) < 4.78 is 31.2. The van der Waals surface area contributed by atoms with Crippen LogP contribution in [0.4, 0.5) is 17.1 Å². The second kappa shape index (κ2) is 13.2. The average molecular weight is 446 g/mol. The van der Waals surface area contributed by atoms with Crippen molar-refractivity contribution in [1.29, 1.82) is 0 Å². The van der Waals surface area contributed by atoms with Gasteiger partial charge in [0.1, 0.15) is 0 Å². The number of hydrogen-bond donors (Lipinski definition) is 1. The second-order valence-corrected chi connectivity index (χ2v) is 9.22. The molecular formula is C24H35N3O3S. The molecule has 0 bridgehead atoms. The van der Waals surface area contributed by atoms with Crippen LogP contribution in [0.25, 0.3) is 0 Å². The van der Waals surface area contributed by atoms with Crippen LogP contribution in [0.3, 0.4) is 0 Å². The molecule has 6 nitrogen and oxygen atoms in total. The summed E-state index contributed by atoms with van der Waals surface area (Å²) in [7, 11) is -4.20. The zero-order chi connectivity index (χ0) is 22.5. The smallest absolute Gasteiger partial charge is 0.294 e. The van der Waals surface area contributed by atoms with Crippen molar-refractivity contribution in [2.75, 3.05) is 18.0 Å². The minimum Gasteiger partial charge on any atom is -0.372 e. The first-order valence-corrected chi connectivity index (χ1v) is 12.7. The van der Waals surface area contributed by atoms with Gasteiger partial charge in [0, 0.05) is 18.8 Å². The van der Waals surface area contributed by atoms with E-state index in [4.69, 9.17) is 4.55 Å². The third kappa shape index (κ3) is 9.19. The summed E-state index contributed by atoms with van der Waals surface area (Å²) in [5, 5.41) is 8.39. The lowest BCUT2D eigenvalue weighted by molar-refractivity contribution is 0.483. The van der Waals surface area contributed by atoms with Crippen LogP contribution in [-0.2, 0) is 10.1 Å². The highest BCUT2D eigenvalue weighted by Crippen LogP contribution is 2.24. The van der Waals surface area contributed by atoms with Gasteiger partial charge in [-0.25, -0.2) is 0 Å². The van der Waals surface area contributed by atoms with Crippen LogP contribution >= 0.6 is 0 Å². The zero-order valence-electron chi connectivity index (χ0n) is 18.7. The standard InChI is InChI=1S/C24H35N3O3S/c1-3-5-7-9-19-27(20-10-8-6-4-2)23-15-11-21(12-16-23)25-26-22-13-17-24(18-14-22)31(28,29)30/h11-18H,3-10,19-20H2,1-2H3,(H,28,29,30)/b26-25+. The maximum Gasteiger partial charge on any atom is 0.294 e. The van der Waals surface area contributed by atoms with Crippen LogP contribution in [0.5, 0.6) is 0 Å². The van der Waals surface area contributed by atoms with E-state index < -0.39 is 10.1 Å². The molecular weight excluding hydrogens is 410 g/mol. The highest BCUT2D eigenvalue weighted by atomic mass is 32.2. The molecule has 0 radical (unpaired) electrons. The second-order valence-electron chi connectivity index (χ2n) is 7.79. The monoisotopic (exact) mass is 445 g/mol. The highest BCUT2D eigenvalue weighted by molar-refractivity contribution is 7.85. The topological polar surface area (TPSA) is 82.3 Å². The molecule has 0 saturated heterocycles. The van der Waals surface area contributed by atoms with Crippen molar-refractivity contribution in [2.45, 2.75) is 70.1 Å². The van der Waals surface area contributed by atoms with E-state index in [1.807, 2.05) is 12.1 Å². The largest absolute Gasteiger partial charge is 0.372 e. The van der Waals surface area contributed by atoms with Crippen molar-refractivity contribution in [3.8, 4) is 0 Å². The van der Waals surface area contributed by atoms with Gasteiger partial charge in [-0.1, -0.05) is 52.4 Å². The minimum atomic E-state index is -4.20. The number of benzene rings is 2. The molecule has 2 aromatic carbocycles. The Labute approximate surface area is 187 Å². The molecule has 0 aromatic heterocycles. The average Bonchev–Trinajstić information content (AvgIpc) is 2.77. The third-order valence-electron chi connectivity index (χ3n) is 5.19. The molecule has 0 heterocycles. The summed E-state index contributed by atoms with van der Waals surface area (Å²) in [6.45, 7) is 6.62. The summed E-state index contributed by atoms with van der Waals surface area (Å²) in [5.41, 5.74) is 2.47. The molecule has 7 heteroatoms. The Morgan fingerprint density at radius 3 is 1.58 bits per heavy atom. The molecule has 2 rings (SSSR count). The maximum atomic E-state index is 11.1. The van der Waals surface area contributed by atoms with Gasteiger partial charge in [0.2, 0.25) is 0 Å². The first-order chi connectivity index (χ1) is 14.9. The molecule has 170 valence electrons. The molecule has 0 unspecified atom stereocenters. The lowest BCUT2D eigenvalue weighted by atomic mass is 10.1. The predicted molar refractivity (Wildman–Crippen MR) is 127 cm³/mol. The van der Waals surface area contributed by atoms with E-state index in [-0.39, 0.29) is 4.90 Å². The summed E-state index contributed by atoms with van der Waals surface area (Å²) in [5.74, 6) is 0. The quantitative estimate of drug-likeness (QED) is 0.188. The summed E-state index contributed by atoms with van der Waals surface area (Å²) in [6.07, 6.45) is 10.0. The first kappa shape index (κ1) is 25.0. The maximum absolute atomic E-state index is 11.1. The van der Waals surface area contributed by atoms with Gasteiger partial charge in [0.15, 0.2) is 0 Å². The van der Waals surface area contributed by atoms with Crippen LogP contribution in [-0.4, -0.2) is 26.1 Å². The van der Waals surface area contributed by atoms with Gasteiger partial charge < -0.3 is 4.90 Å². The molecule has 31 heavy (non-hydrogen) atoms. The minimum absolute atomic E-state index is 0.159. The van der Waals surface area contributed by atoms with E-state index in [1.54, 1.807) is 0 Å². The van der Waals surface area contributed by atoms with E-state index in [0.717, 1.165) is 18.8 Å². The van der Waals surface area contributed by atoms with Crippen LogP contribution in [0.1, 0.15) is 65.2 Å². The van der Waals surface area contributed by atoms with Crippen molar-refractivity contribution in [2.24, 2.45) is 10.2 Å². The number of nitrogens with zero attached hydrogens (tertiary/aromatic N) is 3. The lowest BCUT2D eigenvalue weighted by Gasteiger charge is -2.25. The highest BCUT2D eigenvalue weighted by Gasteiger charge is 2.08. The Kier molecular flexibility index (Phi) is 10.7. The molecule has 0 amide bonds. The van der Waals surface area contributed by atoms with E-state index in [0.29, 0.717) is 5.69 Å². The van der Waals surface area contributed by atoms with Gasteiger partial charge >= 0.3 is 0 Å². The van der Waals surface area contributed by atoms with Crippen molar-refractivity contribution in [3.63, 3.8) is 0 Å². The van der Waals surface area contributed by atoms with E-state index in [1.165, 1.54) is 81.3 Å². The number of unbranched alkanes of at least 4 members (excludes halogenated alkanes) is 6. The fourth-order valence-corrected chi connectivity index (χ4v) is 3.84. The summed E-state index contributed by atoms with van der Waals surface area (Å²) in [4.78, 5) is 2.31. The molecule has 0 fully saturated rings. The van der Waals surface area contributed by atoms with E-state index >= 15 is 0 Å². The molecule has 0 spiro atoms. The van der Waals surface area contributed by atoms with Crippen molar-refractivity contribution >= 4 is 27.2 Å². The van der Waals surface area contributed by atoms with Crippen LogP contribution < -0.4 is 4.90 Å². The van der Waals surface area contributed by atoms with Crippen LogP contribution in [0.15, 0.2) is 63.7 Å². The lowest BCUT2D eigenvalue weighted by Crippen LogP contribution is -2.25. The molecule has 0 aliphatic heterocycles. The Morgan fingerprint density at radius 1 is 0.710 bits per heavy atom. The number of rotatable bonds is 14. The number of azo groups is 1.